The molecule has 0 fully saturated rings. The molecule has 0 aliphatic carbocycles. The number of halogens is 2. The highest BCUT2D eigenvalue weighted by atomic mass is 35.5. The van der Waals surface area contributed by atoms with Gasteiger partial charge in [0, 0.05) is 15.6 Å². The summed E-state index contributed by atoms with van der Waals surface area (Å²) in [5, 5.41) is 14.8. The maximum Gasteiger partial charge on any atom is 0.330 e. The van der Waals surface area contributed by atoms with Gasteiger partial charge in [0.15, 0.2) is 6.54 Å². The Hall–Kier alpha value is -1.96. The van der Waals surface area contributed by atoms with Crippen LogP contribution in [0.4, 0.5) is 0 Å². The summed E-state index contributed by atoms with van der Waals surface area (Å²) in [5.41, 5.74) is 0.676. The van der Waals surface area contributed by atoms with E-state index in [1.165, 1.54) is 16.1 Å². The van der Waals surface area contributed by atoms with Crippen molar-refractivity contribution < 1.29 is 9.53 Å². The van der Waals surface area contributed by atoms with Crippen LogP contribution in [0.15, 0.2) is 35.7 Å². The van der Waals surface area contributed by atoms with Crippen molar-refractivity contribution in [2.75, 3.05) is 0 Å². The van der Waals surface area contributed by atoms with Crippen LogP contribution in [-0.2, 0) is 22.7 Å². The van der Waals surface area contributed by atoms with E-state index in [0.717, 1.165) is 4.88 Å². The van der Waals surface area contributed by atoms with Gasteiger partial charge in [-0.3, -0.25) is 0 Å². The van der Waals surface area contributed by atoms with Crippen molar-refractivity contribution >= 4 is 40.5 Å². The molecule has 0 N–H and O–H groups in total. The second kappa shape index (κ2) is 7.08. The molecule has 1 aromatic carbocycles. The van der Waals surface area contributed by atoms with Crippen LogP contribution < -0.4 is 0 Å². The lowest BCUT2D eigenvalue weighted by atomic mass is 10.2. The minimum absolute atomic E-state index is 0.0569. The number of rotatable bonds is 5. The van der Waals surface area contributed by atoms with E-state index in [2.05, 4.69) is 15.4 Å². The minimum Gasteiger partial charge on any atom is -0.459 e. The summed E-state index contributed by atoms with van der Waals surface area (Å²) in [7, 11) is 0. The first-order valence-electron chi connectivity index (χ1n) is 6.53. The standard InChI is InChI=1S/C14H10Cl2N4O2S/c15-10-4-3-9(11(16)6-10)8-22-13(21)7-20-18-14(17-19-20)12-2-1-5-23-12/h1-6H,7-8H2. The van der Waals surface area contributed by atoms with Gasteiger partial charge in [0.05, 0.1) is 4.88 Å². The quantitative estimate of drug-likeness (QED) is 0.645. The zero-order valence-electron chi connectivity index (χ0n) is 11.6. The second-order valence-corrected chi connectivity index (χ2v) is 6.31. The Morgan fingerprint density at radius 3 is 2.91 bits per heavy atom. The molecule has 23 heavy (non-hydrogen) atoms. The Labute approximate surface area is 145 Å². The lowest BCUT2D eigenvalue weighted by Crippen LogP contribution is -2.15. The number of carbonyl (C=O) groups is 1. The number of tetrazole rings is 1. The molecule has 9 heteroatoms. The van der Waals surface area contributed by atoms with Crippen molar-refractivity contribution in [3.63, 3.8) is 0 Å². The molecule has 0 atom stereocenters. The van der Waals surface area contributed by atoms with Gasteiger partial charge in [-0.2, -0.15) is 4.80 Å². The molecule has 0 amide bonds. The van der Waals surface area contributed by atoms with Crippen LogP contribution in [0, 0.1) is 0 Å². The molecule has 3 rings (SSSR count). The lowest BCUT2D eigenvalue weighted by Gasteiger charge is -2.06. The number of carbonyl (C=O) groups excluding carboxylic acids is 1. The molecular formula is C14H10Cl2N4O2S. The minimum atomic E-state index is -0.480. The molecule has 118 valence electrons. The first-order chi connectivity index (χ1) is 11.1. The topological polar surface area (TPSA) is 69.9 Å². The summed E-state index contributed by atoms with van der Waals surface area (Å²) in [6.45, 7) is -0.0646. The third-order valence-electron chi connectivity index (χ3n) is 2.87. The van der Waals surface area contributed by atoms with E-state index < -0.39 is 5.97 Å². The van der Waals surface area contributed by atoms with E-state index >= 15 is 0 Å². The van der Waals surface area contributed by atoms with Gasteiger partial charge in [0.2, 0.25) is 5.82 Å². The summed E-state index contributed by atoms with van der Waals surface area (Å²) in [6.07, 6.45) is 0. The average Bonchev–Trinajstić information content (AvgIpc) is 3.17. The molecule has 0 spiro atoms. The van der Waals surface area contributed by atoms with Crippen molar-refractivity contribution in [1.82, 2.24) is 20.2 Å². The zero-order chi connectivity index (χ0) is 16.2. The number of benzene rings is 1. The number of hydrogen-bond donors (Lipinski definition) is 0. The highest BCUT2D eigenvalue weighted by Gasteiger charge is 2.11. The first kappa shape index (κ1) is 15.9. The summed E-state index contributed by atoms with van der Waals surface area (Å²) in [6, 6.07) is 8.76. The predicted octanol–water partition coefficient (Wildman–Crippen LogP) is 3.45. The number of ether oxygens (including phenoxy) is 1. The monoisotopic (exact) mass is 368 g/mol. The predicted molar refractivity (Wildman–Crippen MR) is 87.4 cm³/mol. The highest BCUT2D eigenvalue weighted by molar-refractivity contribution is 7.13. The van der Waals surface area contributed by atoms with Gasteiger partial charge in [-0.25, -0.2) is 4.79 Å². The summed E-state index contributed by atoms with van der Waals surface area (Å²) >= 11 is 13.3. The van der Waals surface area contributed by atoms with Gasteiger partial charge in [0.25, 0.3) is 0 Å². The Morgan fingerprint density at radius 2 is 2.17 bits per heavy atom. The number of hydrogen-bond acceptors (Lipinski definition) is 6. The van der Waals surface area contributed by atoms with Crippen LogP contribution in [0.5, 0.6) is 0 Å². The van der Waals surface area contributed by atoms with Gasteiger partial charge in [-0.15, -0.1) is 21.5 Å². The zero-order valence-corrected chi connectivity index (χ0v) is 14.0. The molecular weight excluding hydrogens is 359 g/mol. The van der Waals surface area contributed by atoms with Crippen molar-refractivity contribution in [2.45, 2.75) is 13.2 Å². The van der Waals surface area contributed by atoms with E-state index in [-0.39, 0.29) is 13.2 Å². The SMILES string of the molecule is O=C(Cn1nnc(-c2cccs2)n1)OCc1ccc(Cl)cc1Cl. The summed E-state index contributed by atoms with van der Waals surface area (Å²) < 4.78 is 5.16. The van der Waals surface area contributed by atoms with Crippen LogP contribution in [-0.4, -0.2) is 26.2 Å². The van der Waals surface area contributed by atoms with Gasteiger partial charge < -0.3 is 4.74 Å². The third-order valence-corrected chi connectivity index (χ3v) is 4.32. The van der Waals surface area contributed by atoms with E-state index in [4.69, 9.17) is 27.9 Å². The fourth-order valence-corrected chi connectivity index (χ4v) is 2.88. The van der Waals surface area contributed by atoms with Crippen molar-refractivity contribution in [1.29, 1.82) is 0 Å². The van der Waals surface area contributed by atoms with E-state index in [1.54, 1.807) is 18.2 Å². The number of aromatic nitrogens is 4. The van der Waals surface area contributed by atoms with Gasteiger partial charge in [-0.1, -0.05) is 35.3 Å². The number of esters is 1. The third kappa shape index (κ3) is 4.07. The summed E-state index contributed by atoms with van der Waals surface area (Å²) in [5.74, 6) is -0.000285. The van der Waals surface area contributed by atoms with E-state index in [9.17, 15) is 4.79 Å². The van der Waals surface area contributed by atoms with E-state index in [1.807, 2.05) is 17.5 Å². The Balaban J connectivity index is 1.57. The average molecular weight is 369 g/mol. The van der Waals surface area contributed by atoms with Crippen LogP contribution >= 0.6 is 34.5 Å². The molecule has 0 aliphatic rings. The molecule has 2 heterocycles. The maximum absolute atomic E-state index is 11.8. The molecule has 2 aromatic heterocycles. The van der Waals surface area contributed by atoms with Crippen LogP contribution in [0.1, 0.15) is 5.56 Å². The molecule has 6 nitrogen and oxygen atoms in total. The Kier molecular flexibility index (Phi) is 4.90. The van der Waals surface area contributed by atoms with E-state index in [0.29, 0.717) is 21.4 Å². The lowest BCUT2D eigenvalue weighted by molar-refractivity contribution is -0.146. The van der Waals surface area contributed by atoms with Gasteiger partial charge >= 0.3 is 5.97 Å². The van der Waals surface area contributed by atoms with Crippen molar-refractivity contribution in [2.24, 2.45) is 0 Å². The Morgan fingerprint density at radius 1 is 1.30 bits per heavy atom. The largest absolute Gasteiger partial charge is 0.459 e. The summed E-state index contributed by atoms with van der Waals surface area (Å²) in [4.78, 5) is 13.9. The molecule has 0 radical (unpaired) electrons. The molecule has 0 bridgehead atoms. The molecule has 0 aliphatic heterocycles. The normalized spacial score (nSPS) is 10.7. The second-order valence-electron chi connectivity index (χ2n) is 4.52. The van der Waals surface area contributed by atoms with Crippen LogP contribution in [0.2, 0.25) is 10.0 Å². The fraction of sp³-hybridized carbons (Fsp3) is 0.143. The molecule has 0 saturated carbocycles. The molecule has 3 aromatic rings. The van der Waals surface area contributed by atoms with Crippen molar-refractivity contribution in [3.8, 4) is 10.7 Å². The van der Waals surface area contributed by atoms with Gasteiger partial charge in [-0.05, 0) is 28.8 Å². The van der Waals surface area contributed by atoms with Crippen LogP contribution in [0.3, 0.4) is 0 Å². The molecule has 0 unspecified atom stereocenters. The smallest absolute Gasteiger partial charge is 0.330 e. The highest BCUT2D eigenvalue weighted by Crippen LogP contribution is 2.22. The Bertz CT molecular complexity index is 820. The van der Waals surface area contributed by atoms with Gasteiger partial charge in [0.1, 0.15) is 6.61 Å². The maximum atomic E-state index is 11.8. The number of thiophene rings is 1. The molecule has 0 saturated heterocycles. The number of nitrogens with zero attached hydrogens (tertiary/aromatic N) is 4. The first-order valence-corrected chi connectivity index (χ1v) is 8.16. The van der Waals surface area contributed by atoms with Crippen LogP contribution in [0.25, 0.3) is 10.7 Å². The fourth-order valence-electron chi connectivity index (χ4n) is 1.77. The van der Waals surface area contributed by atoms with Crippen molar-refractivity contribution in [3.05, 3.63) is 51.3 Å².